The standard InChI is InChI=1S/C12H12ClFO4/c1-3-17-12(16)6-18-11-5-10(14)9(13)4-8(11)7(2)15/h4-5H,3,6H2,1-2H3. The second-order valence-corrected chi connectivity index (χ2v) is 3.82. The summed E-state index contributed by atoms with van der Waals surface area (Å²) < 4.78 is 23.0. The van der Waals surface area contributed by atoms with Crippen LogP contribution in [0.4, 0.5) is 4.39 Å². The maximum absolute atomic E-state index is 13.3. The zero-order valence-electron chi connectivity index (χ0n) is 9.96. The van der Waals surface area contributed by atoms with E-state index in [1.165, 1.54) is 13.0 Å². The fourth-order valence-electron chi connectivity index (χ4n) is 1.26. The highest BCUT2D eigenvalue weighted by Gasteiger charge is 2.14. The first-order chi connectivity index (χ1) is 8.45. The largest absolute Gasteiger partial charge is 0.481 e. The van der Waals surface area contributed by atoms with Crippen LogP contribution in [0.15, 0.2) is 12.1 Å². The summed E-state index contributed by atoms with van der Waals surface area (Å²) >= 11 is 5.57. The van der Waals surface area contributed by atoms with Crippen molar-refractivity contribution in [2.75, 3.05) is 13.2 Å². The van der Waals surface area contributed by atoms with Crippen LogP contribution in [0.1, 0.15) is 24.2 Å². The van der Waals surface area contributed by atoms with Gasteiger partial charge in [0.1, 0.15) is 11.6 Å². The number of Topliss-reactive ketones (excluding diaryl/α,β-unsaturated/α-hetero) is 1. The van der Waals surface area contributed by atoms with Gasteiger partial charge >= 0.3 is 5.97 Å². The van der Waals surface area contributed by atoms with Crippen molar-refractivity contribution < 1.29 is 23.5 Å². The van der Waals surface area contributed by atoms with Crippen LogP contribution >= 0.6 is 11.6 Å². The van der Waals surface area contributed by atoms with Crippen molar-refractivity contribution in [1.82, 2.24) is 0 Å². The van der Waals surface area contributed by atoms with Crippen molar-refractivity contribution in [3.8, 4) is 5.75 Å². The normalized spacial score (nSPS) is 10.0. The van der Waals surface area contributed by atoms with Crippen molar-refractivity contribution in [2.24, 2.45) is 0 Å². The number of benzene rings is 1. The van der Waals surface area contributed by atoms with Crippen molar-refractivity contribution in [3.63, 3.8) is 0 Å². The number of esters is 1. The van der Waals surface area contributed by atoms with E-state index in [1.54, 1.807) is 6.92 Å². The van der Waals surface area contributed by atoms with Crippen LogP contribution in [0.2, 0.25) is 5.02 Å². The second-order valence-electron chi connectivity index (χ2n) is 3.41. The molecule has 18 heavy (non-hydrogen) atoms. The van der Waals surface area contributed by atoms with Crippen molar-refractivity contribution in [1.29, 1.82) is 0 Å². The predicted molar refractivity (Wildman–Crippen MR) is 63.5 cm³/mol. The maximum atomic E-state index is 13.3. The Balaban J connectivity index is 2.90. The third-order valence-electron chi connectivity index (χ3n) is 2.05. The number of halogens is 2. The average Bonchev–Trinajstić information content (AvgIpc) is 2.30. The van der Waals surface area contributed by atoms with Crippen molar-refractivity contribution in [2.45, 2.75) is 13.8 Å². The summed E-state index contributed by atoms with van der Waals surface area (Å²) in [5, 5.41) is -0.177. The number of ether oxygens (including phenoxy) is 2. The van der Waals surface area contributed by atoms with Gasteiger partial charge in [-0.2, -0.15) is 0 Å². The zero-order chi connectivity index (χ0) is 13.7. The van der Waals surface area contributed by atoms with Crippen LogP contribution < -0.4 is 4.74 Å². The van der Waals surface area contributed by atoms with Crippen LogP contribution in [0, 0.1) is 5.82 Å². The van der Waals surface area contributed by atoms with Gasteiger partial charge in [0.05, 0.1) is 17.2 Å². The molecule has 0 unspecified atom stereocenters. The molecule has 0 fully saturated rings. The van der Waals surface area contributed by atoms with Gasteiger partial charge in [-0.05, 0) is 19.9 Å². The van der Waals surface area contributed by atoms with Crippen LogP contribution in [0.25, 0.3) is 0 Å². The van der Waals surface area contributed by atoms with Crippen LogP contribution in [-0.4, -0.2) is 25.0 Å². The molecule has 0 aliphatic carbocycles. The molecule has 6 heteroatoms. The quantitative estimate of drug-likeness (QED) is 0.612. The number of carbonyl (C=O) groups excluding carboxylic acids is 2. The molecule has 0 atom stereocenters. The lowest BCUT2D eigenvalue weighted by Crippen LogP contribution is -2.15. The van der Waals surface area contributed by atoms with Gasteiger partial charge in [-0.15, -0.1) is 0 Å². The van der Waals surface area contributed by atoms with Gasteiger partial charge in [0.15, 0.2) is 12.4 Å². The second kappa shape index (κ2) is 6.35. The van der Waals surface area contributed by atoms with Gasteiger partial charge in [0.2, 0.25) is 0 Å². The Morgan fingerprint density at radius 3 is 2.61 bits per heavy atom. The molecule has 0 heterocycles. The molecule has 98 valence electrons. The Kier molecular flexibility index (Phi) is 5.09. The third kappa shape index (κ3) is 3.70. The highest BCUT2D eigenvalue weighted by molar-refractivity contribution is 6.31. The molecule has 0 aromatic heterocycles. The summed E-state index contributed by atoms with van der Waals surface area (Å²) in [5.41, 5.74) is 0.116. The Labute approximate surface area is 109 Å². The molecule has 0 radical (unpaired) electrons. The minimum atomic E-state index is -0.722. The molecule has 1 aromatic carbocycles. The first-order valence-corrected chi connectivity index (χ1v) is 5.62. The van der Waals surface area contributed by atoms with Crippen LogP contribution in [-0.2, 0) is 9.53 Å². The maximum Gasteiger partial charge on any atom is 0.344 e. The summed E-state index contributed by atoms with van der Waals surface area (Å²) in [7, 11) is 0. The van der Waals surface area contributed by atoms with Gasteiger partial charge in [-0.25, -0.2) is 9.18 Å². The number of carbonyl (C=O) groups is 2. The van der Waals surface area contributed by atoms with E-state index >= 15 is 0 Å². The van der Waals surface area contributed by atoms with Gasteiger partial charge in [0, 0.05) is 6.07 Å². The summed E-state index contributed by atoms with van der Waals surface area (Å²) in [4.78, 5) is 22.4. The summed E-state index contributed by atoms with van der Waals surface area (Å²) in [5.74, 6) is -1.68. The summed E-state index contributed by atoms with van der Waals surface area (Å²) in [6.07, 6.45) is 0. The molecule has 4 nitrogen and oxygen atoms in total. The van der Waals surface area contributed by atoms with E-state index in [9.17, 15) is 14.0 Å². The molecule has 0 amide bonds. The Morgan fingerprint density at radius 1 is 1.39 bits per heavy atom. The highest BCUT2D eigenvalue weighted by atomic mass is 35.5. The van der Waals surface area contributed by atoms with Gasteiger partial charge < -0.3 is 9.47 Å². The zero-order valence-corrected chi connectivity index (χ0v) is 10.7. The average molecular weight is 275 g/mol. The predicted octanol–water partition coefficient (Wildman–Crippen LogP) is 2.62. The lowest BCUT2D eigenvalue weighted by molar-refractivity contribution is -0.145. The lowest BCUT2D eigenvalue weighted by Gasteiger charge is -2.10. The molecule has 0 saturated carbocycles. The molecule has 0 saturated heterocycles. The molecule has 1 rings (SSSR count). The molecule has 0 aliphatic rings. The van der Waals surface area contributed by atoms with Crippen LogP contribution in [0.3, 0.4) is 0 Å². The monoisotopic (exact) mass is 274 g/mol. The fraction of sp³-hybridized carbons (Fsp3) is 0.333. The molecule has 0 aliphatic heterocycles. The first kappa shape index (κ1) is 14.4. The SMILES string of the molecule is CCOC(=O)COc1cc(F)c(Cl)cc1C(C)=O. The van der Waals surface area contributed by atoms with Gasteiger partial charge in [-0.1, -0.05) is 11.6 Å². The van der Waals surface area contributed by atoms with Gasteiger partial charge in [-0.3, -0.25) is 4.79 Å². The van der Waals surface area contributed by atoms with Crippen LogP contribution in [0.5, 0.6) is 5.75 Å². The molecule has 0 bridgehead atoms. The van der Waals surface area contributed by atoms with E-state index in [0.717, 1.165) is 6.07 Å². The molecular formula is C12H12ClFO4. The third-order valence-corrected chi connectivity index (χ3v) is 2.34. The Bertz CT molecular complexity index is 473. The minimum absolute atomic E-state index is 0.0301. The smallest absolute Gasteiger partial charge is 0.344 e. The minimum Gasteiger partial charge on any atom is -0.481 e. The van der Waals surface area contributed by atoms with E-state index in [0.29, 0.717) is 0 Å². The number of hydrogen-bond donors (Lipinski definition) is 0. The Hall–Kier alpha value is -1.62. The number of rotatable bonds is 5. The molecule has 0 spiro atoms. The fourth-order valence-corrected chi connectivity index (χ4v) is 1.43. The topological polar surface area (TPSA) is 52.6 Å². The lowest BCUT2D eigenvalue weighted by atomic mass is 10.1. The highest BCUT2D eigenvalue weighted by Crippen LogP contribution is 2.26. The Morgan fingerprint density at radius 2 is 2.06 bits per heavy atom. The number of hydrogen-bond acceptors (Lipinski definition) is 4. The van der Waals surface area contributed by atoms with Crippen molar-refractivity contribution in [3.05, 3.63) is 28.5 Å². The van der Waals surface area contributed by atoms with E-state index in [2.05, 4.69) is 4.74 Å². The van der Waals surface area contributed by atoms with E-state index in [4.69, 9.17) is 16.3 Å². The number of ketones is 1. The molecule has 1 aromatic rings. The van der Waals surface area contributed by atoms with E-state index in [1.807, 2.05) is 0 Å². The van der Waals surface area contributed by atoms with Gasteiger partial charge in [0.25, 0.3) is 0 Å². The van der Waals surface area contributed by atoms with E-state index < -0.39 is 18.4 Å². The summed E-state index contributed by atoms with van der Waals surface area (Å²) in [6.45, 7) is 2.77. The molecular weight excluding hydrogens is 263 g/mol. The molecule has 0 N–H and O–H groups in total. The first-order valence-electron chi connectivity index (χ1n) is 5.24. The summed E-state index contributed by atoms with van der Waals surface area (Å²) in [6, 6.07) is 2.14. The van der Waals surface area contributed by atoms with E-state index in [-0.39, 0.29) is 28.7 Å². The van der Waals surface area contributed by atoms with Crippen molar-refractivity contribution >= 4 is 23.4 Å².